The third-order valence-electron chi connectivity index (χ3n) is 9.57. The molecule has 3 nitrogen and oxygen atoms in total. The Kier molecular flexibility index (Phi) is 31.3. The van der Waals surface area contributed by atoms with Crippen LogP contribution in [-0.4, -0.2) is 51.0 Å². The lowest BCUT2D eigenvalue weighted by Crippen LogP contribution is -2.17. The highest BCUT2D eigenvalue weighted by Gasteiger charge is 2.52. The van der Waals surface area contributed by atoms with Crippen LogP contribution in [0.5, 0.6) is 0 Å². The van der Waals surface area contributed by atoms with E-state index in [2.05, 4.69) is 57.1 Å². The van der Waals surface area contributed by atoms with Crippen LogP contribution >= 0.6 is 0 Å². The Morgan fingerprint density at radius 3 is 1.16 bits per heavy atom. The largest absolute Gasteiger partial charge is 0.375 e. The molecule has 1 rings (SSSR count). The van der Waals surface area contributed by atoms with Crippen LogP contribution < -0.4 is 0 Å². The maximum atomic E-state index is 6.32. The van der Waals surface area contributed by atoms with Gasteiger partial charge in [0.2, 0.25) is 0 Å². The predicted octanol–water partition coefficient (Wildman–Crippen LogP) is 13.0. The fourth-order valence-electron chi connectivity index (χ4n) is 6.56. The van der Waals surface area contributed by atoms with Gasteiger partial charge < -0.3 is 14.4 Å². The van der Waals surface area contributed by atoms with E-state index in [1.165, 1.54) is 173 Å². The van der Waals surface area contributed by atoms with Crippen LogP contribution in [0.25, 0.3) is 0 Å². The minimum Gasteiger partial charge on any atom is -0.375 e. The zero-order valence-corrected chi connectivity index (χ0v) is 31.2. The molecule has 0 aromatic rings. The highest BCUT2D eigenvalue weighted by atomic mass is 16.6. The highest BCUT2D eigenvalue weighted by Crippen LogP contribution is 2.38. The first kappa shape index (κ1) is 42.4. The lowest BCUT2D eigenvalue weighted by Gasteiger charge is -2.08. The van der Waals surface area contributed by atoms with Crippen LogP contribution in [-0.2, 0) is 9.47 Å². The summed E-state index contributed by atoms with van der Waals surface area (Å²) in [5.74, 6) is 0.561. The number of hydrogen-bond acceptors (Lipinski definition) is 3. The third kappa shape index (κ3) is 28.1. The van der Waals surface area contributed by atoms with E-state index >= 15 is 0 Å². The minimum atomic E-state index is 0.325. The van der Waals surface area contributed by atoms with Crippen molar-refractivity contribution in [3.05, 3.63) is 24.3 Å². The van der Waals surface area contributed by atoms with Gasteiger partial charge in [-0.05, 0) is 59.0 Å². The molecule has 1 aliphatic carbocycles. The molecule has 0 unspecified atom stereocenters. The van der Waals surface area contributed by atoms with Crippen molar-refractivity contribution in [2.75, 3.05) is 33.9 Å². The Labute approximate surface area is 283 Å². The summed E-state index contributed by atoms with van der Waals surface area (Å²) >= 11 is 0. The van der Waals surface area contributed by atoms with E-state index in [-0.39, 0.29) is 0 Å². The molecule has 3 atom stereocenters. The van der Waals surface area contributed by atoms with E-state index in [4.69, 9.17) is 9.47 Å². The van der Waals surface area contributed by atoms with Crippen LogP contribution in [0, 0.1) is 5.92 Å². The SMILES string of the molecule is CCCCC/C=C\C/C=C\CCCCCCCCO[C@H]1[C@@H](CN(C)C)[C@H]1OCCCCCCCCCCCCCCCCCC. The quantitative estimate of drug-likeness (QED) is 0.0507. The number of unbranched alkanes of at least 4 members (excludes halogenated alkanes) is 24. The lowest BCUT2D eigenvalue weighted by molar-refractivity contribution is 0.0401. The van der Waals surface area contributed by atoms with Crippen molar-refractivity contribution >= 4 is 0 Å². The average Bonchev–Trinajstić information content (AvgIpc) is 3.68. The molecule has 0 bridgehead atoms. The molecular formula is C42H81NO2. The van der Waals surface area contributed by atoms with Crippen molar-refractivity contribution in [3.63, 3.8) is 0 Å². The van der Waals surface area contributed by atoms with E-state index in [1.807, 2.05) is 0 Å². The molecule has 45 heavy (non-hydrogen) atoms. The Bertz CT molecular complexity index is 645. The van der Waals surface area contributed by atoms with Gasteiger partial charge in [0.05, 0.1) is 12.2 Å². The standard InChI is InChI=1S/C42H81NO2/c1-5-7-9-11-13-15-17-19-21-23-25-27-29-31-33-35-37-44-41-40(39-43(3)4)42(41)45-38-36-34-32-30-28-26-24-22-20-18-16-14-12-10-8-6-2/h13,15,19,21,40-42H,5-12,14,16-18,20,22-39H2,1-4H3/b15-13-,21-19-/t40-,41+,42-/m1/s1. The van der Waals surface area contributed by atoms with Crippen LogP contribution in [0.3, 0.4) is 0 Å². The van der Waals surface area contributed by atoms with E-state index in [0.717, 1.165) is 26.2 Å². The van der Waals surface area contributed by atoms with Crippen LogP contribution in [0.2, 0.25) is 0 Å². The van der Waals surface area contributed by atoms with Crippen LogP contribution in [0.15, 0.2) is 24.3 Å². The number of ether oxygens (including phenoxy) is 2. The van der Waals surface area contributed by atoms with Crippen molar-refractivity contribution in [2.24, 2.45) is 5.92 Å². The molecule has 0 amide bonds. The molecule has 0 spiro atoms. The predicted molar refractivity (Wildman–Crippen MR) is 200 cm³/mol. The van der Waals surface area contributed by atoms with Crippen molar-refractivity contribution < 1.29 is 9.47 Å². The molecule has 0 radical (unpaired) electrons. The molecule has 0 N–H and O–H groups in total. The third-order valence-corrected chi connectivity index (χ3v) is 9.57. The smallest absolute Gasteiger partial charge is 0.0907 e. The van der Waals surface area contributed by atoms with Crippen molar-refractivity contribution in [2.45, 2.75) is 206 Å². The van der Waals surface area contributed by atoms with Crippen molar-refractivity contribution in [1.82, 2.24) is 4.90 Å². The average molecular weight is 632 g/mol. The summed E-state index contributed by atoms with van der Waals surface area (Å²) in [5, 5.41) is 0. The summed E-state index contributed by atoms with van der Waals surface area (Å²) in [7, 11) is 4.34. The minimum absolute atomic E-state index is 0.325. The number of allylic oxidation sites excluding steroid dienone is 4. The topological polar surface area (TPSA) is 21.7 Å². The van der Waals surface area contributed by atoms with Gasteiger partial charge in [-0.25, -0.2) is 0 Å². The Hall–Kier alpha value is -0.640. The van der Waals surface area contributed by atoms with Gasteiger partial charge in [0.1, 0.15) is 0 Å². The fraction of sp³-hybridized carbons (Fsp3) is 0.905. The second kappa shape index (κ2) is 33.3. The van der Waals surface area contributed by atoms with Gasteiger partial charge >= 0.3 is 0 Å². The molecule has 0 aromatic heterocycles. The molecule has 0 saturated heterocycles. The summed E-state index contributed by atoms with van der Waals surface area (Å²) in [6.07, 6.45) is 48.2. The fourth-order valence-corrected chi connectivity index (χ4v) is 6.56. The molecule has 1 aliphatic rings. The first-order valence-electron chi connectivity index (χ1n) is 20.4. The first-order valence-corrected chi connectivity index (χ1v) is 20.4. The summed E-state index contributed by atoms with van der Waals surface area (Å²) in [4.78, 5) is 2.29. The van der Waals surface area contributed by atoms with Gasteiger partial charge in [-0.3, -0.25) is 0 Å². The van der Waals surface area contributed by atoms with Crippen molar-refractivity contribution in [3.8, 4) is 0 Å². The van der Waals surface area contributed by atoms with Crippen LogP contribution in [0.1, 0.15) is 194 Å². The van der Waals surface area contributed by atoms with Crippen LogP contribution in [0.4, 0.5) is 0 Å². The lowest BCUT2D eigenvalue weighted by atomic mass is 10.0. The van der Waals surface area contributed by atoms with E-state index in [0.29, 0.717) is 18.1 Å². The zero-order valence-electron chi connectivity index (χ0n) is 31.2. The second-order valence-electron chi connectivity index (χ2n) is 14.5. The zero-order chi connectivity index (χ0) is 32.5. The molecular weight excluding hydrogens is 550 g/mol. The van der Waals surface area contributed by atoms with Gasteiger partial charge in [0, 0.05) is 25.7 Å². The van der Waals surface area contributed by atoms with Gasteiger partial charge in [-0.1, -0.05) is 173 Å². The molecule has 1 saturated carbocycles. The molecule has 0 aliphatic heterocycles. The molecule has 0 aromatic carbocycles. The van der Waals surface area contributed by atoms with Gasteiger partial charge in [0.25, 0.3) is 0 Å². The highest BCUT2D eigenvalue weighted by molar-refractivity contribution is 5.02. The van der Waals surface area contributed by atoms with Gasteiger partial charge in [-0.15, -0.1) is 0 Å². The molecule has 0 heterocycles. The van der Waals surface area contributed by atoms with E-state index in [9.17, 15) is 0 Å². The van der Waals surface area contributed by atoms with E-state index < -0.39 is 0 Å². The number of rotatable bonds is 36. The maximum Gasteiger partial charge on any atom is 0.0907 e. The Morgan fingerprint density at radius 1 is 0.422 bits per heavy atom. The molecule has 1 fully saturated rings. The van der Waals surface area contributed by atoms with Gasteiger partial charge in [0.15, 0.2) is 0 Å². The van der Waals surface area contributed by atoms with Gasteiger partial charge in [-0.2, -0.15) is 0 Å². The Balaban J connectivity index is 1.90. The number of hydrogen-bond donors (Lipinski definition) is 0. The normalized spacial score (nSPS) is 18.3. The summed E-state index contributed by atoms with van der Waals surface area (Å²) < 4.78 is 12.6. The summed E-state index contributed by atoms with van der Waals surface area (Å²) in [6.45, 7) is 7.47. The number of nitrogens with zero attached hydrogens (tertiary/aromatic N) is 1. The monoisotopic (exact) mass is 632 g/mol. The summed E-state index contributed by atoms with van der Waals surface area (Å²) in [6, 6.07) is 0. The maximum absolute atomic E-state index is 6.32. The Morgan fingerprint density at radius 2 is 0.756 bits per heavy atom. The first-order chi connectivity index (χ1) is 22.2. The van der Waals surface area contributed by atoms with Crippen molar-refractivity contribution in [1.29, 1.82) is 0 Å². The molecule has 266 valence electrons. The molecule has 3 heteroatoms. The second-order valence-corrected chi connectivity index (χ2v) is 14.5. The summed E-state index contributed by atoms with van der Waals surface area (Å²) in [5.41, 5.74) is 0. The van der Waals surface area contributed by atoms with E-state index in [1.54, 1.807) is 0 Å².